The van der Waals surface area contributed by atoms with E-state index in [2.05, 4.69) is 9.97 Å². The summed E-state index contributed by atoms with van der Waals surface area (Å²) in [6.07, 6.45) is 1.13. The van der Waals surface area contributed by atoms with Crippen LogP contribution in [-0.4, -0.2) is 34.9 Å². The first-order valence-electron chi connectivity index (χ1n) is 6.07. The van der Waals surface area contributed by atoms with Gasteiger partial charge in [0.1, 0.15) is 11.3 Å². The van der Waals surface area contributed by atoms with Crippen LogP contribution in [0.2, 0.25) is 0 Å². The normalized spacial score (nSPS) is 11.9. The van der Waals surface area contributed by atoms with Crippen LogP contribution in [0.15, 0.2) is 41.3 Å². The van der Waals surface area contributed by atoms with Crippen molar-refractivity contribution in [2.24, 2.45) is 0 Å². The average Bonchev–Trinajstić information content (AvgIpc) is 2.84. The number of phenolic OH excluding ortho intramolecular Hbond substituents is 2. The van der Waals surface area contributed by atoms with Crippen LogP contribution in [-0.2, 0) is 9.84 Å². The van der Waals surface area contributed by atoms with Crippen molar-refractivity contribution in [2.45, 2.75) is 4.90 Å². The fourth-order valence-electron chi connectivity index (χ4n) is 2.11. The highest BCUT2D eigenvalue weighted by atomic mass is 32.2. The number of aromatic nitrogens is 2. The van der Waals surface area contributed by atoms with Crippen molar-refractivity contribution in [3.8, 4) is 22.9 Å². The maximum absolute atomic E-state index is 11.8. The van der Waals surface area contributed by atoms with E-state index < -0.39 is 9.84 Å². The maximum Gasteiger partial charge on any atom is 0.177 e. The van der Waals surface area contributed by atoms with Gasteiger partial charge in [0.05, 0.1) is 10.4 Å². The first-order chi connectivity index (χ1) is 9.86. The number of fused-ring (bicyclic) bond motifs is 1. The van der Waals surface area contributed by atoms with Crippen LogP contribution in [0.25, 0.3) is 22.4 Å². The first kappa shape index (κ1) is 13.4. The van der Waals surface area contributed by atoms with Gasteiger partial charge in [-0.05, 0) is 30.3 Å². The summed E-state index contributed by atoms with van der Waals surface area (Å²) in [7, 11) is -3.39. The number of nitrogens with one attached hydrogen (secondary N) is 1. The van der Waals surface area contributed by atoms with Crippen molar-refractivity contribution in [2.75, 3.05) is 6.26 Å². The Hall–Kier alpha value is -2.54. The molecule has 3 N–H and O–H groups in total. The molecule has 6 nitrogen and oxygen atoms in total. The third-order valence-corrected chi connectivity index (χ3v) is 4.25. The lowest BCUT2D eigenvalue weighted by atomic mass is 10.2. The van der Waals surface area contributed by atoms with Crippen LogP contribution in [0.4, 0.5) is 0 Å². The number of aromatic hydroxyl groups is 2. The molecular formula is C14H12N2O4S. The molecule has 0 amide bonds. The molecule has 0 aliphatic heterocycles. The summed E-state index contributed by atoms with van der Waals surface area (Å²) in [5.41, 5.74) is 1.48. The number of imidazole rings is 1. The molecule has 0 atom stereocenters. The second-order valence-corrected chi connectivity index (χ2v) is 6.70. The first-order valence-corrected chi connectivity index (χ1v) is 7.96. The number of para-hydroxylation sites is 1. The number of nitrogens with zero attached hydrogens (tertiary/aromatic N) is 1. The van der Waals surface area contributed by atoms with Gasteiger partial charge in [0.2, 0.25) is 0 Å². The number of hydrogen-bond donors (Lipinski definition) is 3. The fraction of sp³-hybridized carbons (Fsp3) is 0.0714. The van der Waals surface area contributed by atoms with Gasteiger partial charge in [-0.15, -0.1) is 0 Å². The van der Waals surface area contributed by atoms with E-state index in [1.165, 1.54) is 18.2 Å². The van der Waals surface area contributed by atoms with Crippen molar-refractivity contribution < 1.29 is 18.6 Å². The number of aromatic amines is 1. The van der Waals surface area contributed by atoms with Gasteiger partial charge in [-0.1, -0.05) is 6.07 Å². The van der Waals surface area contributed by atoms with Gasteiger partial charge in [0.25, 0.3) is 0 Å². The van der Waals surface area contributed by atoms with Crippen molar-refractivity contribution in [1.82, 2.24) is 9.97 Å². The third kappa shape index (κ3) is 2.31. The van der Waals surface area contributed by atoms with Gasteiger partial charge >= 0.3 is 0 Å². The summed E-state index contributed by atoms with van der Waals surface area (Å²) >= 11 is 0. The maximum atomic E-state index is 11.8. The minimum atomic E-state index is -3.39. The molecule has 0 radical (unpaired) electrons. The molecular weight excluding hydrogens is 292 g/mol. The highest BCUT2D eigenvalue weighted by molar-refractivity contribution is 7.91. The Morgan fingerprint density at radius 3 is 2.52 bits per heavy atom. The van der Waals surface area contributed by atoms with Crippen molar-refractivity contribution in [3.05, 3.63) is 36.4 Å². The summed E-state index contributed by atoms with van der Waals surface area (Å²) in [6.45, 7) is 0. The van der Waals surface area contributed by atoms with E-state index in [1.807, 2.05) is 0 Å². The van der Waals surface area contributed by atoms with Gasteiger partial charge in [-0.25, -0.2) is 13.4 Å². The van der Waals surface area contributed by atoms with Gasteiger partial charge in [0.15, 0.2) is 21.3 Å². The monoisotopic (exact) mass is 304 g/mol. The minimum Gasteiger partial charge on any atom is -0.504 e. The molecule has 108 valence electrons. The van der Waals surface area contributed by atoms with Gasteiger partial charge in [0, 0.05) is 11.8 Å². The summed E-state index contributed by atoms with van der Waals surface area (Å²) < 4.78 is 23.5. The number of rotatable bonds is 2. The smallest absolute Gasteiger partial charge is 0.177 e. The van der Waals surface area contributed by atoms with Crippen LogP contribution >= 0.6 is 0 Å². The van der Waals surface area contributed by atoms with Crippen molar-refractivity contribution in [1.29, 1.82) is 0 Å². The second kappa shape index (κ2) is 4.49. The van der Waals surface area contributed by atoms with Crippen LogP contribution in [0.5, 0.6) is 11.5 Å². The lowest BCUT2D eigenvalue weighted by molar-refractivity contribution is 0.404. The molecule has 0 saturated carbocycles. The molecule has 21 heavy (non-hydrogen) atoms. The second-order valence-electron chi connectivity index (χ2n) is 4.71. The number of hydrogen-bond acceptors (Lipinski definition) is 5. The molecule has 0 bridgehead atoms. The molecule has 0 aliphatic rings. The summed E-state index contributed by atoms with van der Waals surface area (Å²) in [6, 6.07) is 9.13. The average molecular weight is 304 g/mol. The number of sulfone groups is 1. The summed E-state index contributed by atoms with van der Waals surface area (Å²) in [5.74, 6) is -0.0839. The molecule has 0 aliphatic carbocycles. The molecule has 0 fully saturated rings. The van der Waals surface area contributed by atoms with Crippen LogP contribution in [0.1, 0.15) is 0 Å². The predicted molar refractivity (Wildman–Crippen MR) is 78.0 cm³/mol. The zero-order chi connectivity index (χ0) is 15.2. The van der Waals surface area contributed by atoms with E-state index in [4.69, 9.17) is 0 Å². The number of phenols is 2. The van der Waals surface area contributed by atoms with Gasteiger partial charge in [-0.2, -0.15) is 0 Å². The van der Waals surface area contributed by atoms with E-state index in [9.17, 15) is 18.6 Å². The quantitative estimate of drug-likeness (QED) is 0.629. The largest absolute Gasteiger partial charge is 0.504 e. The van der Waals surface area contributed by atoms with Crippen LogP contribution in [0.3, 0.4) is 0 Å². The van der Waals surface area contributed by atoms with E-state index in [0.717, 1.165) is 6.26 Å². The Morgan fingerprint density at radius 2 is 1.86 bits per heavy atom. The zero-order valence-corrected chi connectivity index (χ0v) is 11.8. The molecule has 1 heterocycles. The minimum absolute atomic E-state index is 0.144. The molecule has 7 heteroatoms. The Kier molecular flexibility index (Phi) is 2.87. The van der Waals surface area contributed by atoms with Crippen molar-refractivity contribution >= 4 is 20.9 Å². The lowest BCUT2D eigenvalue weighted by Gasteiger charge is -2.00. The van der Waals surface area contributed by atoms with Gasteiger partial charge in [-0.3, -0.25) is 0 Å². The van der Waals surface area contributed by atoms with Gasteiger partial charge < -0.3 is 15.2 Å². The molecule has 0 spiro atoms. The summed E-state index contributed by atoms with van der Waals surface area (Å²) in [4.78, 5) is 7.44. The Bertz CT molecular complexity index is 945. The summed E-state index contributed by atoms with van der Waals surface area (Å²) in [5, 5.41) is 18.9. The van der Waals surface area contributed by atoms with Crippen LogP contribution in [0, 0.1) is 0 Å². The van der Waals surface area contributed by atoms with Crippen LogP contribution < -0.4 is 0 Å². The molecule has 0 unspecified atom stereocenters. The lowest BCUT2D eigenvalue weighted by Crippen LogP contribution is -1.97. The zero-order valence-electron chi connectivity index (χ0n) is 11.0. The third-order valence-electron chi connectivity index (χ3n) is 3.12. The van der Waals surface area contributed by atoms with E-state index in [0.29, 0.717) is 22.4 Å². The molecule has 0 saturated heterocycles. The van der Waals surface area contributed by atoms with E-state index in [1.54, 1.807) is 18.2 Å². The Morgan fingerprint density at radius 1 is 1.10 bits per heavy atom. The van der Waals surface area contributed by atoms with E-state index >= 15 is 0 Å². The molecule has 2 aromatic carbocycles. The predicted octanol–water partition coefficient (Wildman–Crippen LogP) is 2.04. The fourth-order valence-corrected chi connectivity index (χ4v) is 2.95. The SMILES string of the molecule is CS(=O)(=O)c1cccc2[nH]c(-c3ccc(O)c(O)c3)nc12. The molecule has 3 rings (SSSR count). The topological polar surface area (TPSA) is 103 Å². The van der Waals surface area contributed by atoms with E-state index in [-0.39, 0.29) is 16.4 Å². The Balaban J connectivity index is 2.24. The number of benzene rings is 2. The highest BCUT2D eigenvalue weighted by Gasteiger charge is 2.16. The standard InChI is InChI=1S/C14H12N2O4S/c1-21(19,20)12-4-2-3-9-13(12)16-14(15-9)8-5-6-10(17)11(18)7-8/h2-7,17-18H,1H3,(H,15,16). The highest BCUT2D eigenvalue weighted by Crippen LogP contribution is 2.31. The Labute approximate surface area is 120 Å². The molecule has 3 aromatic rings. The van der Waals surface area contributed by atoms with Crippen molar-refractivity contribution in [3.63, 3.8) is 0 Å². The number of H-pyrrole nitrogens is 1. The molecule has 1 aromatic heterocycles.